The van der Waals surface area contributed by atoms with Gasteiger partial charge in [-0.15, -0.1) is 0 Å². The van der Waals surface area contributed by atoms with E-state index < -0.39 is 18.2 Å². The zero-order valence-corrected chi connectivity index (χ0v) is 16.6. The third-order valence-electron chi connectivity index (χ3n) is 5.28. The lowest BCUT2D eigenvalue weighted by molar-refractivity contribution is -0.137. The third kappa shape index (κ3) is 9.87. The van der Waals surface area contributed by atoms with E-state index in [1.54, 1.807) is 12.2 Å². The molecule has 154 valence electrons. The van der Waals surface area contributed by atoms with Gasteiger partial charge in [0.15, 0.2) is 5.78 Å². The van der Waals surface area contributed by atoms with Crippen LogP contribution in [0, 0.1) is 11.8 Å². The van der Waals surface area contributed by atoms with Crippen molar-refractivity contribution in [1.82, 2.24) is 0 Å². The molecule has 0 spiro atoms. The summed E-state index contributed by atoms with van der Waals surface area (Å²) >= 11 is 0. The first-order valence-electron chi connectivity index (χ1n) is 10.4. The highest BCUT2D eigenvalue weighted by Gasteiger charge is 2.39. The maximum absolute atomic E-state index is 12.0. The molecule has 0 amide bonds. The molecule has 5 nitrogen and oxygen atoms in total. The second kappa shape index (κ2) is 13.7. The van der Waals surface area contributed by atoms with Crippen molar-refractivity contribution in [3.8, 4) is 0 Å². The van der Waals surface area contributed by atoms with Crippen LogP contribution in [0.15, 0.2) is 24.3 Å². The Balaban J connectivity index is 2.42. The van der Waals surface area contributed by atoms with Crippen LogP contribution in [0.4, 0.5) is 0 Å². The minimum absolute atomic E-state index is 0.0862. The minimum Gasteiger partial charge on any atom is -0.481 e. The summed E-state index contributed by atoms with van der Waals surface area (Å²) in [6.07, 6.45) is 14.5. The van der Waals surface area contributed by atoms with Gasteiger partial charge in [0.2, 0.25) is 0 Å². The minimum atomic E-state index is -0.794. The Bertz CT molecular complexity index is 497. The van der Waals surface area contributed by atoms with Crippen molar-refractivity contribution < 1.29 is 24.9 Å². The van der Waals surface area contributed by atoms with Crippen molar-refractivity contribution in [2.75, 3.05) is 0 Å². The van der Waals surface area contributed by atoms with Gasteiger partial charge in [-0.3, -0.25) is 9.59 Å². The predicted octanol–water partition coefficient (Wildman–Crippen LogP) is 4.03. The van der Waals surface area contributed by atoms with E-state index >= 15 is 0 Å². The maximum atomic E-state index is 12.0. The van der Waals surface area contributed by atoms with Gasteiger partial charge < -0.3 is 15.3 Å². The standard InChI is InChI=1S/C22H36O5/c1-2-3-4-5-8-11-17(23)14-15-19-18(20(24)16-21(19)25)12-9-6-7-10-13-22(26)27/h6,9,14-15,18-21,24-25H,2-5,7-8,10-13,16H2,1H3,(H,26,27)/t18-,19-,20+,21-/m1/s1. The highest BCUT2D eigenvalue weighted by molar-refractivity contribution is 5.89. The van der Waals surface area contributed by atoms with Gasteiger partial charge >= 0.3 is 5.97 Å². The summed E-state index contributed by atoms with van der Waals surface area (Å²) in [4.78, 5) is 22.5. The van der Waals surface area contributed by atoms with Crippen LogP contribution in [0.1, 0.15) is 77.6 Å². The number of carbonyl (C=O) groups is 2. The number of hydrogen-bond donors (Lipinski definition) is 3. The highest BCUT2D eigenvalue weighted by atomic mass is 16.4. The number of aliphatic hydroxyl groups excluding tert-OH is 2. The van der Waals surface area contributed by atoms with Crippen LogP contribution >= 0.6 is 0 Å². The average Bonchev–Trinajstić information content (AvgIpc) is 2.88. The van der Waals surface area contributed by atoms with Crippen molar-refractivity contribution in [3.63, 3.8) is 0 Å². The van der Waals surface area contributed by atoms with Crippen LogP contribution in [-0.2, 0) is 9.59 Å². The summed E-state index contributed by atoms with van der Waals surface area (Å²) in [5, 5.41) is 29.0. The molecule has 0 aromatic rings. The summed E-state index contributed by atoms with van der Waals surface area (Å²) < 4.78 is 0. The summed E-state index contributed by atoms with van der Waals surface area (Å²) in [5.74, 6) is -1.03. The number of carboxylic acid groups (broad SMARTS) is 1. The Hall–Kier alpha value is -1.46. The number of carbonyl (C=O) groups excluding carboxylic acids is 1. The van der Waals surface area contributed by atoms with E-state index in [4.69, 9.17) is 5.11 Å². The van der Waals surface area contributed by atoms with E-state index in [0.29, 0.717) is 32.1 Å². The molecule has 0 heterocycles. The van der Waals surface area contributed by atoms with Gasteiger partial charge in [0.25, 0.3) is 0 Å². The molecule has 0 aromatic heterocycles. The van der Waals surface area contributed by atoms with Gasteiger partial charge in [0.1, 0.15) is 0 Å². The molecule has 1 saturated carbocycles. The van der Waals surface area contributed by atoms with Crippen LogP contribution in [-0.4, -0.2) is 39.3 Å². The largest absolute Gasteiger partial charge is 0.481 e. The van der Waals surface area contributed by atoms with Crippen molar-refractivity contribution in [3.05, 3.63) is 24.3 Å². The number of hydrogen-bond acceptors (Lipinski definition) is 4. The Morgan fingerprint density at radius 3 is 2.41 bits per heavy atom. The topological polar surface area (TPSA) is 94.8 Å². The van der Waals surface area contributed by atoms with E-state index in [9.17, 15) is 19.8 Å². The monoisotopic (exact) mass is 380 g/mol. The van der Waals surface area contributed by atoms with Gasteiger partial charge in [-0.05, 0) is 37.7 Å². The Morgan fingerprint density at radius 1 is 0.963 bits per heavy atom. The number of unbranched alkanes of at least 4 members (excludes halogenated alkanes) is 5. The lowest BCUT2D eigenvalue weighted by Gasteiger charge is -2.19. The van der Waals surface area contributed by atoms with Crippen LogP contribution in [0.5, 0.6) is 0 Å². The van der Waals surface area contributed by atoms with Gasteiger partial charge in [-0.1, -0.05) is 50.8 Å². The quantitative estimate of drug-likeness (QED) is 0.240. The third-order valence-corrected chi connectivity index (χ3v) is 5.28. The first-order chi connectivity index (χ1) is 13.0. The fourth-order valence-corrected chi connectivity index (χ4v) is 3.65. The molecule has 0 bridgehead atoms. The average molecular weight is 381 g/mol. The maximum Gasteiger partial charge on any atom is 0.303 e. The van der Waals surface area contributed by atoms with Crippen molar-refractivity contribution in [2.45, 2.75) is 89.8 Å². The number of aliphatic carboxylic acids is 1. The van der Waals surface area contributed by atoms with Crippen molar-refractivity contribution in [2.24, 2.45) is 11.8 Å². The lowest BCUT2D eigenvalue weighted by Crippen LogP contribution is -2.20. The normalized spacial score (nSPS) is 25.6. The van der Waals surface area contributed by atoms with E-state index in [1.807, 2.05) is 12.2 Å². The summed E-state index contributed by atoms with van der Waals surface area (Å²) in [7, 11) is 0. The van der Waals surface area contributed by atoms with E-state index in [2.05, 4.69) is 6.92 Å². The Labute approximate surface area is 163 Å². The molecule has 3 N–H and O–H groups in total. The second-order valence-corrected chi connectivity index (χ2v) is 7.59. The first-order valence-corrected chi connectivity index (χ1v) is 10.4. The number of rotatable bonds is 14. The molecule has 0 aliphatic heterocycles. The molecule has 27 heavy (non-hydrogen) atoms. The molecule has 0 aromatic carbocycles. The van der Waals surface area contributed by atoms with Crippen LogP contribution in [0.2, 0.25) is 0 Å². The smallest absolute Gasteiger partial charge is 0.303 e. The van der Waals surface area contributed by atoms with Gasteiger partial charge in [0, 0.05) is 25.2 Å². The molecule has 0 saturated heterocycles. The van der Waals surface area contributed by atoms with Crippen LogP contribution in [0.3, 0.4) is 0 Å². The molecule has 1 aliphatic rings. The molecule has 0 unspecified atom stereocenters. The lowest BCUT2D eigenvalue weighted by atomic mass is 9.89. The number of ketones is 1. The first kappa shape index (κ1) is 23.6. The summed E-state index contributed by atoms with van der Waals surface area (Å²) in [5.41, 5.74) is 0. The molecular formula is C22H36O5. The van der Waals surface area contributed by atoms with E-state index in [-0.39, 0.29) is 24.0 Å². The van der Waals surface area contributed by atoms with Gasteiger partial charge in [0.05, 0.1) is 12.2 Å². The molecule has 1 rings (SSSR count). The molecule has 1 aliphatic carbocycles. The fourth-order valence-electron chi connectivity index (χ4n) is 3.65. The Morgan fingerprint density at radius 2 is 1.70 bits per heavy atom. The van der Waals surface area contributed by atoms with Crippen LogP contribution in [0.25, 0.3) is 0 Å². The molecule has 1 fully saturated rings. The van der Waals surface area contributed by atoms with Crippen LogP contribution < -0.4 is 0 Å². The molecule has 0 radical (unpaired) electrons. The SMILES string of the molecule is CCCCCCCC(=O)C=C[C@@H]1[C@@H](CC=CCCCC(=O)O)[C@@H](O)C[C@H]1O. The number of carboxylic acids is 1. The molecular weight excluding hydrogens is 344 g/mol. The Kier molecular flexibility index (Phi) is 11.9. The van der Waals surface area contributed by atoms with Crippen molar-refractivity contribution >= 4 is 11.8 Å². The highest BCUT2D eigenvalue weighted by Crippen LogP contribution is 2.36. The fraction of sp³-hybridized carbons (Fsp3) is 0.727. The predicted molar refractivity (Wildman–Crippen MR) is 106 cm³/mol. The second-order valence-electron chi connectivity index (χ2n) is 7.59. The van der Waals surface area contributed by atoms with Crippen molar-refractivity contribution in [1.29, 1.82) is 0 Å². The van der Waals surface area contributed by atoms with Gasteiger partial charge in [-0.25, -0.2) is 0 Å². The number of allylic oxidation sites excluding steroid dienone is 3. The molecule has 5 heteroatoms. The van der Waals surface area contributed by atoms with E-state index in [1.165, 1.54) is 19.3 Å². The number of aliphatic hydroxyl groups is 2. The molecule has 4 atom stereocenters. The van der Waals surface area contributed by atoms with E-state index in [0.717, 1.165) is 12.8 Å². The zero-order chi connectivity index (χ0) is 20.1. The zero-order valence-electron chi connectivity index (χ0n) is 16.6. The summed E-state index contributed by atoms with van der Waals surface area (Å²) in [6, 6.07) is 0. The van der Waals surface area contributed by atoms with Gasteiger partial charge in [-0.2, -0.15) is 0 Å². The summed E-state index contributed by atoms with van der Waals surface area (Å²) in [6.45, 7) is 2.16.